The third kappa shape index (κ3) is 28.7. The van der Waals surface area contributed by atoms with Gasteiger partial charge in [-0.2, -0.15) is 8.42 Å². The SMILES string of the molecule is C=CCCCCCCCCCCCCCCCC(=O)OC[C@H](CO[C@H]1O[C@H](CS(=O)(=O)O)[C@@H](O)C(O)C1O)OC(=O)CCCCCCCCCCCCCCC. The number of hydrogen-bond acceptors (Lipinski definition) is 11. The van der Waals surface area contributed by atoms with Crippen LogP contribution >= 0.6 is 0 Å². The molecule has 1 rings (SSSR count). The quantitative estimate of drug-likeness (QED) is 0.0201. The van der Waals surface area contributed by atoms with Crippen LogP contribution in [0.3, 0.4) is 0 Å². The van der Waals surface area contributed by atoms with Crippen LogP contribution in [-0.2, 0) is 38.7 Å². The molecule has 12 nitrogen and oxygen atoms in total. The lowest BCUT2D eigenvalue weighted by Gasteiger charge is -2.40. The van der Waals surface area contributed by atoms with Crippen molar-refractivity contribution in [2.75, 3.05) is 19.0 Å². The Labute approximate surface area is 339 Å². The van der Waals surface area contributed by atoms with Gasteiger partial charge in [-0.05, 0) is 25.7 Å². The molecule has 0 aromatic rings. The van der Waals surface area contributed by atoms with E-state index in [0.29, 0.717) is 12.8 Å². The molecule has 4 N–H and O–H groups in total. The van der Waals surface area contributed by atoms with E-state index in [2.05, 4.69) is 13.5 Å². The first-order valence-corrected chi connectivity index (χ1v) is 23.8. The van der Waals surface area contributed by atoms with Crippen LogP contribution in [0.5, 0.6) is 0 Å². The van der Waals surface area contributed by atoms with Gasteiger partial charge in [0.05, 0.1) is 6.61 Å². The minimum Gasteiger partial charge on any atom is -0.462 e. The van der Waals surface area contributed by atoms with Crippen molar-refractivity contribution in [1.82, 2.24) is 0 Å². The van der Waals surface area contributed by atoms with E-state index in [0.717, 1.165) is 44.9 Å². The summed E-state index contributed by atoms with van der Waals surface area (Å²) >= 11 is 0. The number of aliphatic hydroxyl groups excluding tert-OH is 3. The van der Waals surface area contributed by atoms with Crippen LogP contribution in [0.15, 0.2) is 12.7 Å². The highest BCUT2D eigenvalue weighted by Crippen LogP contribution is 2.24. The van der Waals surface area contributed by atoms with E-state index in [1.165, 1.54) is 116 Å². The van der Waals surface area contributed by atoms with Crippen molar-refractivity contribution < 1.29 is 56.8 Å². The average Bonchev–Trinajstić information content (AvgIpc) is 3.16. The molecule has 1 fully saturated rings. The van der Waals surface area contributed by atoms with E-state index in [9.17, 15) is 37.9 Å². The number of unbranched alkanes of at least 4 members (excludes halogenated alkanes) is 25. The zero-order valence-electron chi connectivity index (χ0n) is 34.8. The predicted octanol–water partition coefficient (Wildman–Crippen LogP) is 8.67. The molecule has 1 heterocycles. The molecule has 1 saturated heterocycles. The summed E-state index contributed by atoms with van der Waals surface area (Å²) in [6, 6.07) is 0. The van der Waals surface area contributed by atoms with E-state index >= 15 is 0 Å². The molecule has 0 radical (unpaired) electrons. The molecular weight excluding hydrogens is 741 g/mol. The van der Waals surface area contributed by atoms with Crippen LogP contribution in [0.25, 0.3) is 0 Å². The summed E-state index contributed by atoms with van der Waals surface area (Å²) < 4.78 is 54.0. The normalized spacial score (nSPS) is 20.5. The van der Waals surface area contributed by atoms with Crippen molar-refractivity contribution in [1.29, 1.82) is 0 Å². The van der Waals surface area contributed by atoms with Gasteiger partial charge in [0.1, 0.15) is 36.8 Å². The number of ether oxygens (including phenoxy) is 4. The molecule has 0 bridgehead atoms. The summed E-state index contributed by atoms with van der Waals surface area (Å²) in [5.74, 6) is -1.97. The van der Waals surface area contributed by atoms with E-state index < -0.39 is 71.2 Å². The van der Waals surface area contributed by atoms with Gasteiger partial charge in [0.2, 0.25) is 0 Å². The first kappa shape index (κ1) is 52.4. The molecule has 13 heteroatoms. The van der Waals surface area contributed by atoms with Crippen molar-refractivity contribution in [3.05, 3.63) is 12.7 Å². The van der Waals surface area contributed by atoms with Gasteiger partial charge in [-0.3, -0.25) is 14.1 Å². The summed E-state index contributed by atoms with van der Waals surface area (Å²) in [5.41, 5.74) is 0. The van der Waals surface area contributed by atoms with E-state index in [1.807, 2.05) is 6.08 Å². The molecule has 0 saturated carbocycles. The summed E-state index contributed by atoms with van der Waals surface area (Å²) in [4.78, 5) is 25.4. The average molecular weight is 821 g/mol. The molecule has 0 aromatic heterocycles. The number of hydrogen-bond donors (Lipinski definition) is 4. The fourth-order valence-electron chi connectivity index (χ4n) is 7.01. The third-order valence-corrected chi connectivity index (χ3v) is 11.2. The molecule has 56 heavy (non-hydrogen) atoms. The number of allylic oxidation sites excluding steroid dienone is 1. The molecular formula is C43H80O12S. The van der Waals surface area contributed by atoms with Crippen molar-refractivity contribution >= 4 is 22.1 Å². The number of esters is 2. The van der Waals surface area contributed by atoms with Crippen molar-refractivity contribution in [2.24, 2.45) is 0 Å². The van der Waals surface area contributed by atoms with Gasteiger partial charge >= 0.3 is 11.9 Å². The Hall–Kier alpha value is -1.61. The van der Waals surface area contributed by atoms with Gasteiger partial charge in [0.15, 0.2) is 12.4 Å². The fourth-order valence-corrected chi connectivity index (χ4v) is 7.70. The van der Waals surface area contributed by atoms with Gasteiger partial charge < -0.3 is 34.3 Å². The monoisotopic (exact) mass is 821 g/mol. The van der Waals surface area contributed by atoms with Crippen LogP contribution in [0.1, 0.15) is 193 Å². The number of rotatable bonds is 38. The summed E-state index contributed by atoms with van der Waals surface area (Å²) in [6.07, 6.45) is 24.3. The van der Waals surface area contributed by atoms with Crippen LogP contribution in [-0.4, -0.2) is 96.0 Å². The highest BCUT2D eigenvalue weighted by molar-refractivity contribution is 7.85. The van der Waals surface area contributed by atoms with Gasteiger partial charge in [-0.1, -0.05) is 161 Å². The lowest BCUT2D eigenvalue weighted by atomic mass is 10.00. The number of carbonyl (C=O) groups is 2. The van der Waals surface area contributed by atoms with Crippen molar-refractivity contribution in [3.63, 3.8) is 0 Å². The van der Waals surface area contributed by atoms with E-state index in [4.69, 9.17) is 18.9 Å². The van der Waals surface area contributed by atoms with Crippen molar-refractivity contribution in [3.8, 4) is 0 Å². The van der Waals surface area contributed by atoms with Gasteiger partial charge in [-0.15, -0.1) is 6.58 Å². The molecule has 0 aliphatic carbocycles. The minimum absolute atomic E-state index is 0.169. The van der Waals surface area contributed by atoms with Crippen LogP contribution < -0.4 is 0 Å². The maximum Gasteiger partial charge on any atom is 0.306 e. The highest BCUT2D eigenvalue weighted by atomic mass is 32.2. The molecule has 0 amide bonds. The largest absolute Gasteiger partial charge is 0.462 e. The molecule has 6 atom stereocenters. The van der Waals surface area contributed by atoms with Crippen LogP contribution in [0, 0.1) is 0 Å². The number of carbonyl (C=O) groups excluding carboxylic acids is 2. The first-order chi connectivity index (χ1) is 27.0. The van der Waals surface area contributed by atoms with E-state index in [1.54, 1.807) is 0 Å². The fraction of sp³-hybridized carbons (Fsp3) is 0.907. The summed E-state index contributed by atoms with van der Waals surface area (Å²) in [7, 11) is -4.60. The second-order valence-corrected chi connectivity index (χ2v) is 17.3. The number of aliphatic hydroxyl groups is 3. The minimum atomic E-state index is -4.60. The predicted molar refractivity (Wildman–Crippen MR) is 220 cm³/mol. The van der Waals surface area contributed by atoms with Crippen LogP contribution in [0.2, 0.25) is 0 Å². The second-order valence-electron chi connectivity index (χ2n) is 15.8. The van der Waals surface area contributed by atoms with Gasteiger partial charge in [0, 0.05) is 12.8 Å². The molecule has 330 valence electrons. The molecule has 2 unspecified atom stereocenters. The molecule has 0 spiro atoms. The second kappa shape index (κ2) is 34.3. The topological polar surface area (TPSA) is 186 Å². The molecule has 0 aromatic carbocycles. The van der Waals surface area contributed by atoms with E-state index in [-0.39, 0.29) is 19.4 Å². The highest BCUT2D eigenvalue weighted by Gasteiger charge is 2.46. The standard InChI is InChI=1S/C43H80O12S/c1-3-5-7-9-11-13-15-17-18-20-21-23-25-27-29-31-38(44)52-33-36(34-53-43-42(48)41(47)40(46)37(55-43)35-56(49,50)51)54-39(45)32-30-28-26-24-22-19-16-14-12-10-8-6-4-2/h3,36-37,40-43,46-48H,1,4-35H2,2H3,(H,49,50,51)/t36-,37-,40-,41?,42?,43+/m1/s1. The molecule has 1 aliphatic rings. The lowest BCUT2D eigenvalue weighted by molar-refractivity contribution is -0.297. The smallest absolute Gasteiger partial charge is 0.306 e. The Morgan fingerprint density at radius 2 is 1.05 bits per heavy atom. The zero-order valence-corrected chi connectivity index (χ0v) is 35.7. The third-order valence-electron chi connectivity index (χ3n) is 10.5. The van der Waals surface area contributed by atoms with Gasteiger partial charge in [0.25, 0.3) is 10.1 Å². The Morgan fingerprint density at radius 3 is 1.50 bits per heavy atom. The zero-order chi connectivity index (χ0) is 41.3. The Balaban J connectivity index is 2.43. The lowest BCUT2D eigenvalue weighted by Crippen LogP contribution is -2.60. The maximum absolute atomic E-state index is 12.8. The van der Waals surface area contributed by atoms with Gasteiger partial charge in [-0.25, -0.2) is 0 Å². The Bertz CT molecular complexity index is 1090. The maximum atomic E-state index is 12.8. The summed E-state index contributed by atoms with van der Waals surface area (Å²) in [5, 5.41) is 30.8. The van der Waals surface area contributed by atoms with Crippen LogP contribution in [0.4, 0.5) is 0 Å². The Kier molecular flexibility index (Phi) is 32.1. The first-order valence-electron chi connectivity index (χ1n) is 22.2. The van der Waals surface area contributed by atoms with Crippen molar-refractivity contribution in [2.45, 2.75) is 230 Å². The summed E-state index contributed by atoms with van der Waals surface area (Å²) in [6.45, 7) is 5.29. The Morgan fingerprint density at radius 1 is 0.625 bits per heavy atom. The molecule has 1 aliphatic heterocycles.